The third-order valence-electron chi connectivity index (χ3n) is 6.10. The van der Waals surface area contributed by atoms with Gasteiger partial charge in [-0.15, -0.1) is 11.3 Å². The lowest BCUT2D eigenvalue weighted by molar-refractivity contribution is -0.127. The molecule has 5 nitrogen and oxygen atoms in total. The van der Waals surface area contributed by atoms with Gasteiger partial charge in [0.15, 0.2) is 0 Å². The maximum Gasteiger partial charge on any atom is 0.248 e. The highest BCUT2D eigenvalue weighted by Crippen LogP contribution is 2.31. The van der Waals surface area contributed by atoms with Gasteiger partial charge in [-0.3, -0.25) is 14.5 Å². The Morgan fingerprint density at radius 3 is 2.36 bits per heavy atom. The van der Waals surface area contributed by atoms with Crippen molar-refractivity contribution in [1.82, 2.24) is 5.32 Å². The van der Waals surface area contributed by atoms with E-state index in [1.807, 2.05) is 72.1 Å². The van der Waals surface area contributed by atoms with Crippen molar-refractivity contribution in [2.24, 2.45) is 0 Å². The molecular formula is C27H30N2O3S. The average Bonchev–Trinajstić information content (AvgIpc) is 3.36. The number of ether oxygens (including phenoxy) is 1. The van der Waals surface area contributed by atoms with E-state index in [1.54, 1.807) is 23.3 Å². The van der Waals surface area contributed by atoms with Gasteiger partial charge in [0, 0.05) is 16.6 Å². The molecule has 0 unspecified atom stereocenters. The molecule has 2 amide bonds. The topological polar surface area (TPSA) is 58.6 Å². The number of hydrogen-bond acceptors (Lipinski definition) is 4. The predicted octanol–water partition coefficient (Wildman–Crippen LogP) is 5.52. The number of anilines is 1. The number of nitrogens with zero attached hydrogens (tertiary/aromatic N) is 1. The number of amides is 2. The molecular weight excluding hydrogens is 432 g/mol. The summed E-state index contributed by atoms with van der Waals surface area (Å²) in [6, 6.07) is 20.2. The predicted molar refractivity (Wildman–Crippen MR) is 133 cm³/mol. The van der Waals surface area contributed by atoms with Crippen LogP contribution in [0.4, 0.5) is 5.69 Å². The highest BCUT2D eigenvalue weighted by atomic mass is 32.1. The summed E-state index contributed by atoms with van der Waals surface area (Å²) < 4.78 is 5.31. The molecule has 1 aromatic heterocycles. The molecule has 172 valence electrons. The minimum absolute atomic E-state index is 0.108. The van der Waals surface area contributed by atoms with Crippen LogP contribution < -0.4 is 15.0 Å². The minimum atomic E-state index is -0.771. The summed E-state index contributed by atoms with van der Waals surface area (Å²) in [7, 11) is 1.61. The Balaban J connectivity index is 1.72. The summed E-state index contributed by atoms with van der Waals surface area (Å²) in [6.45, 7) is 0. The van der Waals surface area contributed by atoms with Gasteiger partial charge in [-0.25, -0.2) is 0 Å². The molecule has 1 N–H and O–H groups in total. The Bertz CT molecular complexity index is 1030. The van der Waals surface area contributed by atoms with E-state index in [4.69, 9.17) is 4.74 Å². The molecule has 33 heavy (non-hydrogen) atoms. The minimum Gasteiger partial charge on any atom is -0.497 e. The fraction of sp³-hybridized carbons (Fsp3) is 0.333. The van der Waals surface area contributed by atoms with Gasteiger partial charge in [-0.1, -0.05) is 55.7 Å². The quantitative estimate of drug-likeness (QED) is 0.479. The zero-order chi connectivity index (χ0) is 23.0. The summed E-state index contributed by atoms with van der Waals surface area (Å²) in [6.07, 6.45) is 5.67. The van der Waals surface area contributed by atoms with Gasteiger partial charge in [0.05, 0.1) is 13.5 Å². The number of carbonyl (C=O) groups excluding carboxylic acids is 2. The van der Waals surface area contributed by atoms with Gasteiger partial charge in [0.1, 0.15) is 11.8 Å². The highest BCUT2D eigenvalue weighted by molar-refractivity contribution is 7.10. The van der Waals surface area contributed by atoms with E-state index in [-0.39, 0.29) is 24.3 Å². The molecule has 0 spiro atoms. The van der Waals surface area contributed by atoms with Gasteiger partial charge in [-0.2, -0.15) is 0 Å². The molecule has 2 aromatic carbocycles. The lowest BCUT2D eigenvalue weighted by Crippen LogP contribution is -2.47. The van der Waals surface area contributed by atoms with Crippen molar-refractivity contribution >= 4 is 28.8 Å². The van der Waals surface area contributed by atoms with Gasteiger partial charge in [-0.05, 0) is 54.1 Å². The first-order chi connectivity index (χ1) is 16.2. The van der Waals surface area contributed by atoms with E-state index in [0.29, 0.717) is 11.4 Å². The summed E-state index contributed by atoms with van der Waals surface area (Å²) >= 11 is 1.55. The third kappa shape index (κ3) is 5.82. The molecule has 3 aromatic rings. The van der Waals surface area contributed by atoms with E-state index < -0.39 is 6.04 Å². The number of hydrogen-bond donors (Lipinski definition) is 1. The van der Waals surface area contributed by atoms with Crippen molar-refractivity contribution in [2.75, 3.05) is 12.0 Å². The Labute approximate surface area is 199 Å². The van der Waals surface area contributed by atoms with Crippen LogP contribution in [-0.2, 0) is 16.0 Å². The first kappa shape index (κ1) is 23.1. The first-order valence-electron chi connectivity index (χ1n) is 11.5. The van der Waals surface area contributed by atoms with Crippen LogP contribution in [0.25, 0.3) is 0 Å². The Morgan fingerprint density at radius 1 is 1.00 bits per heavy atom. The van der Waals surface area contributed by atoms with Crippen LogP contribution in [-0.4, -0.2) is 25.0 Å². The van der Waals surface area contributed by atoms with Crippen molar-refractivity contribution in [3.63, 3.8) is 0 Å². The smallest absolute Gasteiger partial charge is 0.248 e. The molecule has 4 rings (SSSR count). The van der Waals surface area contributed by atoms with Crippen molar-refractivity contribution in [1.29, 1.82) is 0 Å². The van der Waals surface area contributed by atoms with Crippen LogP contribution in [0.15, 0.2) is 72.1 Å². The van der Waals surface area contributed by atoms with E-state index in [0.717, 1.165) is 36.1 Å². The Hall–Kier alpha value is -3.12. The number of methoxy groups -OCH3 is 1. The molecule has 1 aliphatic rings. The second-order valence-electron chi connectivity index (χ2n) is 8.37. The maximum atomic E-state index is 13.8. The number of nitrogens with one attached hydrogen (secondary N) is 1. The molecule has 0 bridgehead atoms. The first-order valence-corrected chi connectivity index (χ1v) is 12.4. The van der Waals surface area contributed by atoms with E-state index in [1.165, 1.54) is 6.42 Å². The van der Waals surface area contributed by atoms with Crippen molar-refractivity contribution in [2.45, 2.75) is 50.6 Å². The van der Waals surface area contributed by atoms with Gasteiger partial charge < -0.3 is 10.1 Å². The zero-order valence-electron chi connectivity index (χ0n) is 18.9. The lowest BCUT2D eigenvalue weighted by atomic mass is 9.94. The Morgan fingerprint density at radius 2 is 1.73 bits per heavy atom. The van der Waals surface area contributed by atoms with Crippen LogP contribution in [0, 0.1) is 0 Å². The van der Waals surface area contributed by atoms with E-state index in [2.05, 4.69) is 5.32 Å². The maximum absolute atomic E-state index is 13.8. The highest BCUT2D eigenvalue weighted by Gasteiger charge is 2.34. The zero-order valence-corrected chi connectivity index (χ0v) is 19.7. The summed E-state index contributed by atoms with van der Waals surface area (Å²) in [5.74, 6) is 0.458. The number of benzene rings is 2. The normalized spacial score (nSPS) is 14.9. The van der Waals surface area contributed by atoms with Crippen LogP contribution >= 0.6 is 11.3 Å². The molecule has 1 saturated carbocycles. The second-order valence-corrected chi connectivity index (χ2v) is 9.41. The van der Waals surface area contributed by atoms with Crippen LogP contribution in [0.3, 0.4) is 0 Å². The number of thiophene rings is 1. The molecule has 1 fully saturated rings. The fourth-order valence-electron chi connectivity index (χ4n) is 4.40. The van der Waals surface area contributed by atoms with Crippen LogP contribution in [0.1, 0.15) is 48.6 Å². The fourth-order valence-corrected chi connectivity index (χ4v) is 5.10. The van der Waals surface area contributed by atoms with Gasteiger partial charge in [0.2, 0.25) is 11.8 Å². The lowest BCUT2D eigenvalue weighted by Gasteiger charge is -2.33. The monoisotopic (exact) mass is 462 g/mol. The van der Waals surface area contributed by atoms with Gasteiger partial charge >= 0.3 is 0 Å². The second kappa shape index (κ2) is 11.1. The van der Waals surface area contributed by atoms with Gasteiger partial charge in [0.25, 0.3) is 0 Å². The summed E-state index contributed by atoms with van der Waals surface area (Å²) in [5, 5.41) is 5.21. The molecule has 1 atom stereocenters. The molecule has 0 aliphatic heterocycles. The number of carbonyl (C=O) groups is 2. The van der Waals surface area contributed by atoms with Crippen molar-refractivity contribution in [3.05, 3.63) is 82.6 Å². The molecule has 0 saturated heterocycles. The molecule has 6 heteroatoms. The third-order valence-corrected chi connectivity index (χ3v) is 6.97. The summed E-state index contributed by atoms with van der Waals surface area (Å²) in [4.78, 5) is 30.1. The average molecular weight is 463 g/mol. The van der Waals surface area contributed by atoms with E-state index >= 15 is 0 Å². The van der Waals surface area contributed by atoms with Crippen LogP contribution in [0.2, 0.25) is 0 Å². The molecule has 1 heterocycles. The number of para-hydroxylation sites is 1. The standard InChI is InChI=1S/C27H30N2O3S/c1-32-23-16-14-20(15-17-23)26(27(31)28-21-9-4-2-5-10-21)29(22-11-6-3-7-12-22)25(30)19-24-13-8-18-33-24/h3,6-8,11-18,21,26H,2,4-5,9-10,19H2,1H3,(H,28,31)/t26-/m0/s1. The SMILES string of the molecule is COc1ccc([C@@H](C(=O)NC2CCCCC2)N(C(=O)Cc2cccs2)c2ccccc2)cc1. The van der Waals surface area contributed by atoms with Crippen LogP contribution in [0.5, 0.6) is 5.75 Å². The molecule has 1 aliphatic carbocycles. The van der Waals surface area contributed by atoms with E-state index in [9.17, 15) is 9.59 Å². The van der Waals surface area contributed by atoms with Crippen molar-refractivity contribution in [3.8, 4) is 5.75 Å². The number of rotatable bonds is 8. The molecule has 0 radical (unpaired) electrons. The summed E-state index contributed by atoms with van der Waals surface area (Å²) in [5.41, 5.74) is 1.46. The largest absolute Gasteiger partial charge is 0.497 e. The Kier molecular flexibility index (Phi) is 7.79. The van der Waals surface area contributed by atoms with Crippen molar-refractivity contribution < 1.29 is 14.3 Å².